The van der Waals surface area contributed by atoms with Gasteiger partial charge in [0, 0.05) is 99.0 Å². The van der Waals surface area contributed by atoms with Gasteiger partial charge in [0.15, 0.2) is 0 Å². The minimum atomic E-state index is -0.682. The van der Waals surface area contributed by atoms with Gasteiger partial charge >= 0.3 is 0 Å². The standard InChI is InChI=1S/2C4H12N2O2.C4H10O2.CH4O.2Y/c2*5-3-6-1-4(8)2-7;1-2-4(6)3-5;1-2;;/h2*4,6-8H,1-3,5H2;4-6H,2-3H2,1H3;2H,1H3;;. The summed E-state index contributed by atoms with van der Waals surface area (Å²) in [4.78, 5) is 0. The van der Waals surface area contributed by atoms with Gasteiger partial charge in [-0.3, -0.25) is 0 Å². The van der Waals surface area contributed by atoms with Crippen molar-refractivity contribution in [3.63, 3.8) is 0 Å². The molecule has 0 amide bonds. The SMILES string of the molecule is CCC(O)CO.CO.NCNCC(O)CO.NCNCC(O)CO.[Y].[Y]. The first-order valence-corrected chi connectivity index (χ1v) is 7.56. The van der Waals surface area contributed by atoms with Gasteiger partial charge in [-0.25, -0.2) is 0 Å². The largest absolute Gasteiger partial charge is 0.400 e. The number of rotatable bonds is 10. The van der Waals surface area contributed by atoms with Crippen molar-refractivity contribution < 1.29 is 101 Å². The molecule has 13 heteroatoms. The van der Waals surface area contributed by atoms with Gasteiger partial charge in [0.1, 0.15) is 0 Å². The summed E-state index contributed by atoms with van der Waals surface area (Å²) in [5.74, 6) is 0. The third-order valence-corrected chi connectivity index (χ3v) is 2.15. The van der Waals surface area contributed by atoms with Crippen LogP contribution in [-0.2, 0) is 65.4 Å². The van der Waals surface area contributed by atoms with Crippen LogP contribution < -0.4 is 22.1 Å². The fraction of sp³-hybridized carbons (Fsp3) is 1.00. The summed E-state index contributed by atoms with van der Waals surface area (Å²) >= 11 is 0. The maximum absolute atomic E-state index is 8.62. The fourth-order valence-electron chi connectivity index (χ4n) is 0.758. The van der Waals surface area contributed by atoms with E-state index >= 15 is 0 Å². The van der Waals surface area contributed by atoms with Crippen LogP contribution in [0.5, 0.6) is 0 Å². The second kappa shape index (κ2) is 41.2. The van der Waals surface area contributed by atoms with E-state index in [2.05, 4.69) is 10.6 Å². The second-order valence-corrected chi connectivity index (χ2v) is 4.23. The molecular formula is C13H38N4O7Y2. The average molecular weight is 540 g/mol. The van der Waals surface area contributed by atoms with Gasteiger partial charge in [-0.15, -0.1) is 0 Å². The Kier molecular flexibility index (Phi) is 66.6. The Labute approximate surface area is 206 Å². The predicted octanol–water partition coefficient (Wildman–Crippen LogP) is -4.96. The van der Waals surface area contributed by atoms with Crippen LogP contribution >= 0.6 is 0 Å². The molecule has 3 unspecified atom stereocenters. The Bertz CT molecular complexity index is 188. The van der Waals surface area contributed by atoms with Crippen LogP contribution in [0, 0.1) is 0 Å². The number of nitrogens with two attached hydrogens (primary N) is 2. The Balaban J connectivity index is -0.0000000535. The van der Waals surface area contributed by atoms with Gasteiger partial charge in [0.2, 0.25) is 0 Å². The zero-order valence-corrected chi connectivity index (χ0v) is 21.5. The first kappa shape index (κ1) is 42.0. The van der Waals surface area contributed by atoms with Gasteiger partial charge in [-0.05, 0) is 6.42 Å². The molecule has 0 spiro atoms. The molecule has 0 rings (SSSR count). The summed E-state index contributed by atoms with van der Waals surface area (Å²) in [5, 5.41) is 62.5. The quantitative estimate of drug-likeness (QED) is 0.118. The monoisotopic (exact) mass is 540 g/mol. The number of nitrogens with one attached hydrogen (secondary N) is 2. The zero-order valence-electron chi connectivity index (χ0n) is 15.8. The molecule has 2 radical (unpaired) electrons. The molecule has 0 saturated heterocycles. The fourth-order valence-corrected chi connectivity index (χ4v) is 0.758. The van der Waals surface area contributed by atoms with Crippen LogP contribution in [0.2, 0.25) is 0 Å². The summed E-state index contributed by atoms with van der Waals surface area (Å²) < 4.78 is 0. The number of hydrogen-bond acceptors (Lipinski definition) is 11. The molecule has 26 heavy (non-hydrogen) atoms. The summed E-state index contributed by atoms with van der Waals surface area (Å²) in [7, 11) is 1.00. The molecular weight excluding hydrogens is 502 g/mol. The molecule has 0 aromatic rings. The topological polar surface area (TPSA) is 218 Å². The van der Waals surface area contributed by atoms with E-state index in [-0.39, 0.29) is 85.2 Å². The summed E-state index contributed by atoms with van der Waals surface area (Å²) in [6.45, 7) is 2.64. The Morgan fingerprint density at radius 2 is 0.962 bits per heavy atom. The van der Waals surface area contributed by atoms with Gasteiger partial charge in [0.25, 0.3) is 0 Å². The second-order valence-electron chi connectivity index (χ2n) is 4.23. The van der Waals surface area contributed by atoms with Crippen molar-refractivity contribution in [2.24, 2.45) is 11.5 Å². The first-order chi connectivity index (χ1) is 11.4. The van der Waals surface area contributed by atoms with E-state index in [1.807, 2.05) is 6.92 Å². The Hall–Kier alpha value is 1.77. The summed E-state index contributed by atoms with van der Waals surface area (Å²) in [6, 6.07) is 0. The molecule has 0 aliphatic heterocycles. The van der Waals surface area contributed by atoms with E-state index in [9.17, 15) is 0 Å². The molecule has 0 aliphatic rings. The molecule has 0 fully saturated rings. The van der Waals surface area contributed by atoms with E-state index in [0.717, 1.165) is 7.11 Å². The number of aliphatic hydroxyl groups excluding tert-OH is 7. The maximum atomic E-state index is 8.62. The van der Waals surface area contributed by atoms with Crippen LogP contribution in [-0.4, -0.2) is 107 Å². The van der Waals surface area contributed by atoms with Gasteiger partial charge < -0.3 is 57.8 Å². The molecule has 0 saturated carbocycles. The number of aliphatic hydroxyl groups is 7. The predicted molar refractivity (Wildman–Crippen MR) is 91.8 cm³/mol. The molecule has 0 bridgehead atoms. The van der Waals surface area contributed by atoms with Gasteiger partial charge in [-0.2, -0.15) is 0 Å². The van der Waals surface area contributed by atoms with Crippen molar-refractivity contribution in [3.05, 3.63) is 0 Å². The van der Waals surface area contributed by atoms with E-state index in [0.29, 0.717) is 32.8 Å². The van der Waals surface area contributed by atoms with E-state index in [1.165, 1.54) is 0 Å². The third-order valence-electron chi connectivity index (χ3n) is 2.15. The third kappa shape index (κ3) is 50.1. The molecule has 158 valence electrons. The number of hydrogen-bond donors (Lipinski definition) is 11. The first-order valence-electron chi connectivity index (χ1n) is 7.56. The van der Waals surface area contributed by atoms with Crippen LogP contribution in [0.25, 0.3) is 0 Å². The van der Waals surface area contributed by atoms with Crippen molar-refractivity contribution >= 4 is 0 Å². The molecule has 0 aliphatic carbocycles. The van der Waals surface area contributed by atoms with Crippen molar-refractivity contribution in [1.29, 1.82) is 0 Å². The van der Waals surface area contributed by atoms with Crippen LogP contribution in [0.1, 0.15) is 13.3 Å². The minimum absolute atomic E-state index is 0. The Morgan fingerprint density at radius 1 is 0.692 bits per heavy atom. The summed E-state index contributed by atoms with van der Waals surface area (Å²) in [5.41, 5.74) is 10.1. The van der Waals surface area contributed by atoms with Gasteiger partial charge in [-0.1, -0.05) is 6.92 Å². The van der Waals surface area contributed by atoms with Crippen LogP contribution in [0.15, 0.2) is 0 Å². The molecule has 0 aromatic carbocycles. The maximum Gasteiger partial charge on any atom is 0.0895 e. The van der Waals surface area contributed by atoms with Crippen molar-refractivity contribution in [2.75, 3.05) is 53.4 Å². The van der Waals surface area contributed by atoms with Crippen LogP contribution in [0.3, 0.4) is 0 Å². The summed E-state index contributed by atoms with van der Waals surface area (Å²) in [6.07, 6.45) is -1.24. The smallest absolute Gasteiger partial charge is 0.0895 e. The zero-order chi connectivity index (χ0) is 19.8. The van der Waals surface area contributed by atoms with Crippen LogP contribution in [0.4, 0.5) is 0 Å². The molecule has 11 nitrogen and oxygen atoms in total. The van der Waals surface area contributed by atoms with E-state index in [1.54, 1.807) is 0 Å². The molecule has 0 heterocycles. The molecule has 3 atom stereocenters. The van der Waals surface area contributed by atoms with Crippen molar-refractivity contribution in [1.82, 2.24) is 10.6 Å². The van der Waals surface area contributed by atoms with Crippen molar-refractivity contribution in [2.45, 2.75) is 31.7 Å². The minimum Gasteiger partial charge on any atom is -0.400 e. The van der Waals surface area contributed by atoms with E-state index < -0.39 is 18.3 Å². The molecule has 13 N–H and O–H groups in total. The average Bonchev–Trinajstić information content (AvgIpc) is 2.65. The molecule has 0 aromatic heterocycles. The normalized spacial score (nSPS) is 12.1. The van der Waals surface area contributed by atoms with Crippen molar-refractivity contribution in [3.8, 4) is 0 Å². The van der Waals surface area contributed by atoms with E-state index in [4.69, 9.17) is 47.2 Å². The van der Waals surface area contributed by atoms with Gasteiger partial charge in [0.05, 0.1) is 38.1 Å². The Morgan fingerprint density at radius 3 is 1.08 bits per heavy atom.